The summed E-state index contributed by atoms with van der Waals surface area (Å²) in [5, 5.41) is 12.8. The predicted octanol–water partition coefficient (Wildman–Crippen LogP) is 2.72. The van der Waals surface area contributed by atoms with Crippen molar-refractivity contribution in [2.75, 3.05) is 13.7 Å². The number of nitrogens with zero attached hydrogens (tertiary/aromatic N) is 1. The summed E-state index contributed by atoms with van der Waals surface area (Å²) < 4.78 is 10.2. The van der Waals surface area contributed by atoms with E-state index in [0.717, 1.165) is 24.0 Å². The average Bonchev–Trinajstić information content (AvgIpc) is 3.05. The Morgan fingerprint density at radius 1 is 1.45 bits per heavy atom. The van der Waals surface area contributed by atoms with Crippen LogP contribution < -0.4 is 0 Å². The Balaban J connectivity index is 2.03. The highest BCUT2D eigenvalue weighted by Crippen LogP contribution is 2.51. The van der Waals surface area contributed by atoms with E-state index in [0.29, 0.717) is 12.3 Å². The molecule has 3 rings (SSSR count). The normalized spacial score (nSPS) is 16.1. The number of methoxy groups -OCH3 is 1. The Labute approximate surface area is 116 Å². The Kier molecular flexibility index (Phi) is 3.06. The molecule has 1 saturated carbocycles. The Hall–Kier alpha value is -2.14. The summed E-state index contributed by atoms with van der Waals surface area (Å²) >= 11 is 0. The molecule has 104 valence electrons. The van der Waals surface area contributed by atoms with Crippen LogP contribution in [-0.4, -0.2) is 29.9 Å². The summed E-state index contributed by atoms with van der Waals surface area (Å²) in [4.78, 5) is 10.9. The van der Waals surface area contributed by atoms with Crippen LogP contribution in [0.3, 0.4) is 0 Å². The van der Waals surface area contributed by atoms with Crippen LogP contribution in [-0.2, 0) is 10.2 Å². The average molecular weight is 273 g/mol. The molecule has 1 aliphatic carbocycles. The largest absolute Gasteiger partial charge is 0.475 e. The van der Waals surface area contributed by atoms with Crippen molar-refractivity contribution in [1.82, 2.24) is 5.16 Å². The van der Waals surface area contributed by atoms with Crippen molar-refractivity contribution in [2.45, 2.75) is 18.3 Å². The maximum atomic E-state index is 10.9. The lowest BCUT2D eigenvalue weighted by Crippen LogP contribution is -2.15. The second-order valence-electron chi connectivity index (χ2n) is 5.14. The van der Waals surface area contributed by atoms with E-state index in [-0.39, 0.29) is 11.2 Å². The van der Waals surface area contributed by atoms with Crippen LogP contribution >= 0.6 is 0 Å². The number of aromatic nitrogens is 1. The van der Waals surface area contributed by atoms with E-state index >= 15 is 0 Å². The Morgan fingerprint density at radius 3 is 2.80 bits per heavy atom. The molecule has 2 aromatic rings. The molecule has 20 heavy (non-hydrogen) atoms. The van der Waals surface area contributed by atoms with E-state index in [4.69, 9.17) is 14.4 Å². The number of ether oxygens (including phenoxy) is 1. The molecule has 0 bridgehead atoms. The number of rotatable bonds is 5. The molecule has 1 fully saturated rings. The molecule has 0 saturated heterocycles. The summed E-state index contributed by atoms with van der Waals surface area (Å²) in [5.41, 5.74) is 2.65. The van der Waals surface area contributed by atoms with Crippen LogP contribution in [0.1, 0.15) is 29.0 Å². The number of hydrogen-bond donors (Lipinski definition) is 1. The van der Waals surface area contributed by atoms with Gasteiger partial charge in [-0.15, -0.1) is 0 Å². The molecular formula is C15H15NO4. The second kappa shape index (κ2) is 4.76. The van der Waals surface area contributed by atoms with E-state index in [1.807, 2.05) is 18.2 Å². The zero-order chi connectivity index (χ0) is 14.2. The van der Waals surface area contributed by atoms with Crippen molar-refractivity contribution < 1.29 is 19.2 Å². The SMILES string of the molecule is COCC1(c2ccccc2-c2cc(C(=O)O)on2)CC1. The van der Waals surface area contributed by atoms with Crippen molar-refractivity contribution >= 4 is 5.97 Å². The van der Waals surface area contributed by atoms with Gasteiger partial charge in [0.2, 0.25) is 5.76 Å². The molecule has 1 aromatic heterocycles. The first kappa shape index (κ1) is 12.9. The van der Waals surface area contributed by atoms with Gasteiger partial charge in [0, 0.05) is 24.2 Å². The van der Waals surface area contributed by atoms with Crippen molar-refractivity contribution in [3.05, 3.63) is 41.7 Å². The Bertz CT molecular complexity index is 643. The fraction of sp³-hybridized carbons (Fsp3) is 0.333. The minimum Gasteiger partial charge on any atom is -0.475 e. The molecule has 0 atom stereocenters. The van der Waals surface area contributed by atoms with Gasteiger partial charge < -0.3 is 14.4 Å². The molecule has 0 radical (unpaired) electrons. The topological polar surface area (TPSA) is 72.6 Å². The smallest absolute Gasteiger partial charge is 0.374 e. The standard InChI is InChI=1S/C15H15NO4/c1-19-9-15(6-7-15)11-5-3-2-4-10(11)12-8-13(14(17)18)20-16-12/h2-5,8H,6-7,9H2,1H3,(H,17,18). The molecule has 1 aliphatic rings. The van der Waals surface area contributed by atoms with Gasteiger partial charge in [-0.05, 0) is 18.4 Å². The maximum Gasteiger partial charge on any atom is 0.374 e. The third-order valence-corrected chi connectivity index (χ3v) is 3.77. The van der Waals surface area contributed by atoms with Gasteiger partial charge in [-0.1, -0.05) is 29.4 Å². The van der Waals surface area contributed by atoms with Crippen LogP contribution in [0.5, 0.6) is 0 Å². The number of carboxylic acid groups (broad SMARTS) is 1. The van der Waals surface area contributed by atoms with Crippen LogP contribution in [0, 0.1) is 0 Å². The quantitative estimate of drug-likeness (QED) is 0.906. The zero-order valence-electron chi connectivity index (χ0n) is 11.1. The molecule has 1 heterocycles. The van der Waals surface area contributed by atoms with E-state index in [1.165, 1.54) is 6.07 Å². The van der Waals surface area contributed by atoms with E-state index in [2.05, 4.69) is 11.2 Å². The van der Waals surface area contributed by atoms with Crippen molar-refractivity contribution in [3.63, 3.8) is 0 Å². The molecular weight excluding hydrogens is 258 g/mol. The number of benzene rings is 1. The van der Waals surface area contributed by atoms with Gasteiger partial charge >= 0.3 is 5.97 Å². The lowest BCUT2D eigenvalue weighted by Gasteiger charge is -2.17. The van der Waals surface area contributed by atoms with E-state index < -0.39 is 5.97 Å². The molecule has 0 spiro atoms. The highest BCUT2D eigenvalue weighted by molar-refractivity contribution is 5.86. The molecule has 5 nitrogen and oxygen atoms in total. The van der Waals surface area contributed by atoms with Gasteiger partial charge in [-0.2, -0.15) is 0 Å². The maximum absolute atomic E-state index is 10.9. The molecule has 0 unspecified atom stereocenters. The monoisotopic (exact) mass is 273 g/mol. The van der Waals surface area contributed by atoms with Gasteiger partial charge in [0.25, 0.3) is 0 Å². The van der Waals surface area contributed by atoms with Gasteiger partial charge in [-0.25, -0.2) is 4.79 Å². The fourth-order valence-corrected chi connectivity index (χ4v) is 2.59. The van der Waals surface area contributed by atoms with Crippen LogP contribution in [0.4, 0.5) is 0 Å². The molecule has 5 heteroatoms. The van der Waals surface area contributed by atoms with Crippen molar-refractivity contribution in [3.8, 4) is 11.3 Å². The number of aromatic carboxylic acids is 1. The van der Waals surface area contributed by atoms with Gasteiger partial charge in [-0.3, -0.25) is 0 Å². The van der Waals surface area contributed by atoms with Crippen molar-refractivity contribution in [1.29, 1.82) is 0 Å². The molecule has 0 aliphatic heterocycles. The van der Waals surface area contributed by atoms with Gasteiger partial charge in [0.15, 0.2) is 0 Å². The summed E-state index contributed by atoms with van der Waals surface area (Å²) in [5.74, 6) is -1.26. The minimum atomic E-state index is -1.11. The summed E-state index contributed by atoms with van der Waals surface area (Å²) in [7, 11) is 1.70. The van der Waals surface area contributed by atoms with Gasteiger partial charge in [0.1, 0.15) is 5.69 Å². The highest BCUT2D eigenvalue weighted by Gasteiger charge is 2.45. The third kappa shape index (κ3) is 2.10. The van der Waals surface area contributed by atoms with Crippen LogP contribution in [0.2, 0.25) is 0 Å². The lowest BCUT2D eigenvalue weighted by atomic mass is 9.90. The zero-order valence-corrected chi connectivity index (χ0v) is 11.1. The van der Waals surface area contributed by atoms with Crippen LogP contribution in [0.25, 0.3) is 11.3 Å². The molecule has 0 amide bonds. The summed E-state index contributed by atoms with van der Waals surface area (Å²) in [6.45, 7) is 0.660. The highest BCUT2D eigenvalue weighted by atomic mass is 16.5. The minimum absolute atomic E-state index is 0.0354. The second-order valence-corrected chi connectivity index (χ2v) is 5.14. The number of carbonyl (C=O) groups is 1. The van der Waals surface area contributed by atoms with Gasteiger partial charge in [0.05, 0.1) is 6.61 Å². The number of hydrogen-bond acceptors (Lipinski definition) is 4. The summed E-state index contributed by atoms with van der Waals surface area (Å²) in [6.07, 6.45) is 2.14. The third-order valence-electron chi connectivity index (χ3n) is 3.77. The fourth-order valence-electron chi connectivity index (χ4n) is 2.59. The first-order valence-electron chi connectivity index (χ1n) is 6.45. The van der Waals surface area contributed by atoms with Crippen molar-refractivity contribution in [2.24, 2.45) is 0 Å². The molecule has 1 aromatic carbocycles. The number of carboxylic acids is 1. The van der Waals surface area contributed by atoms with E-state index in [9.17, 15) is 4.79 Å². The van der Waals surface area contributed by atoms with Crippen LogP contribution in [0.15, 0.2) is 34.9 Å². The first-order chi connectivity index (χ1) is 9.66. The van der Waals surface area contributed by atoms with E-state index in [1.54, 1.807) is 7.11 Å². The Morgan fingerprint density at radius 2 is 2.20 bits per heavy atom. The summed E-state index contributed by atoms with van der Waals surface area (Å²) in [6, 6.07) is 9.35. The molecule has 1 N–H and O–H groups in total. The first-order valence-corrected chi connectivity index (χ1v) is 6.45. The lowest BCUT2D eigenvalue weighted by molar-refractivity contribution is 0.0652. The predicted molar refractivity (Wildman–Crippen MR) is 71.7 cm³/mol.